The van der Waals surface area contributed by atoms with Gasteiger partial charge >= 0.3 is 6.09 Å². The second-order valence-electron chi connectivity index (χ2n) is 11.7. The first-order valence-corrected chi connectivity index (χ1v) is 14.9. The predicted molar refractivity (Wildman–Crippen MR) is 160 cm³/mol. The number of nitrogens with one attached hydrogen (secondary N) is 1. The van der Waals surface area contributed by atoms with E-state index in [0.717, 1.165) is 19.3 Å². The summed E-state index contributed by atoms with van der Waals surface area (Å²) in [4.78, 5) is 29.9. The number of ether oxygens (including phenoxy) is 3. The Balaban J connectivity index is 1.37. The molecular formula is C31H42ClFN4O5. The van der Waals surface area contributed by atoms with Crippen molar-refractivity contribution in [3.63, 3.8) is 0 Å². The number of hydrogen-bond acceptors (Lipinski definition) is 7. The van der Waals surface area contributed by atoms with Crippen molar-refractivity contribution in [2.24, 2.45) is 17.8 Å². The molecule has 2 aliphatic rings. The molecule has 2 saturated heterocycles. The highest BCUT2D eigenvalue weighted by molar-refractivity contribution is 6.33. The molecule has 4 rings (SSSR count). The van der Waals surface area contributed by atoms with E-state index in [-0.39, 0.29) is 23.7 Å². The molecule has 2 aromatic rings. The maximum absolute atomic E-state index is 13.5. The zero-order chi connectivity index (χ0) is 30.4. The van der Waals surface area contributed by atoms with Gasteiger partial charge in [-0.2, -0.15) is 0 Å². The minimum absolute atomic E-state index is 0.237. The summed E-state index contributed by atoms with van der Waals surface area (Å²) in [5, 5.41) is 3.29. The molecule has 0 aliphatic carbocycles. The number of anilines is 1. The van der Waals surface area contributed by atoms with Crippen LogP contribution in [0.25, 0.3) is 0 Å². The van der Waals surface area contributed by atoms with Crippen LogP contribution in [0.3, 0.4) is 0 Å². The van der Waals surface area contributed by atoms with E-state index in [1.807, 2.05) is 6.92 Å². The summed E-state index contributed by atoms with van der Waals surface area (Å²) >= 11 is 6.13. The molecule has 2 aromatic carbocycles. The van der Waals surface area contributed by atoms with Crippen molar-refractivity contribution < 1.29 is 28.2 Å². The molecule has 4 atom stereocenters. The van der Waals surface area contributed by atoms with Crippen LogP contribution >= 0.6 is 11.6 Å². The van der Waals surface area contributed by atoms with Gasteiger partial charge in [-0.15, -0.1) is 0 Å². The van der Waals surface area contributed by atoms with Gasteiger partial charge in [0.05, 0.1) is 23.4 Å². The molecule has 2 heterocycles. The lowest BCUT2D eigenvalue weighted by Gasteiger charge is -2.40. The highest BCUT2D eigenvalue weighted by Crippen LogP contribution is 2.29. The quantitative estimate of drug-likeness (QED) is 0.368. The summed E-state index contributed by atoms with van der Waals surface area (Å²) in [5.41, 5.74) is 6.51. The summed E-state index contributed by atoms with van der Waals surface area (Å²) in [7, 11) is 1.48. The van der Waals surface area contributed by atoms with Gasteiger partial charge in [-0.25, -0.2) is 9.18 Å². The van der Waals surface area contributed by atoms with Crippen molar-refractivity contribution >= 4 is 29.3 Å². The van der Waals surface area contributed by atoms with Crippen LogP contribution in [0.2, 0.25) is 5.02 Å². The van der Waals surface area contributed by atoms with Gasteiger partial charge in [-0.05, 0) is 74.3 Å². The molecule has 42 heavy (non-hydrogen) atoms. The highest BCUT2D eigenvalue weighted by atomic mass is 35.5. The molecular weight excluding hydrogens is 563 g/mol. The fourth-order valence-electron chi connectivity index (χ4n) is 5.88. The van der Waals surface area contributed by atoms with E-state index in [4.69, 9.17) is 31.5 Å². The highest BCUT2D eigenvalue weighted by Gasteiger charge is 2.35. The van der Waals surface area contributed by atoms with E-state index < -0.39 is 12.3 Å². The largest absolute Gasteiger partial charge is 0.496 e. The second-order valence-corrected chi connectivity index (χ2v) is 12.1. The third-order valence-electron chi connectivity index (χ3n) is 8.01. The number of nitrogens with zero attached hydrogens (tertiary/aromatic N) is 2. The SMILES string of the molecule is COc1cc(N)c(Cl)cc1C(=O)NCC1CCN(C(Oc2ccc(F)cc2)C(C)OC(=O)N2CC(C)CC(C)C2)CC1. The standard InChI is InChI=1S/C31H42ClFN4O5/c1-19-13-20(2)18-37(17-19)31(39)41-21(3)30(42-24-7-5-23(33)6-8-24)36-11-9-22(10-12-36)16-35-29(38)25-14-26(32)27(34)15-28(25)40-4/h5-8,14-15,19-22,30H,9-13,16-18,34H2,1-4H3,(H,35,38). The zero-order valence-corrected chi connectivity index (χ0v) is 25.5. The summed E-state index contributed by atoms with van der Waals surface area (Å²) < 4.78 is 31.1. The first-order chi connectivity index (χ1) is 20.0. The molecule has 0 radical (unpaired) electrons. The third-order valence-corrected chi connectivity index (χ3v) is 8.34. The van der Waals surface area contributed by atoms with Crippen LogP contribution in [0, 0.1) is 23.6 Å². The molecule has 230 valence electrons. The molecule has 0 spiro atoms. The van der Waals surface area contributed by atoms with Crippen LogP contribution in [-0.4, -0.2) is 74.0 Å². The molecule has 2 fully saturated rings. The molecule has 2 amide bonds. The number of halogens is 2. The fourth-order valence-corrected chi connectivity index (χ4v) is 6.05. The number of nitrogens with two attached hydrogens (primary N) is 1. The number of methoxy groups -OCH3 is 1. The van der Waals surface area contributed by atoms with Crippen LogP contribution in [0.5, 0.6) is 11.5 Å². The summed E-state index contributed by atoms with van der Waals surface area (Å²) in [6, 6.07) is 8.89. The van der Waals surface area contributed by atoms with Crippen LogP contribution < -0.4 is 20.5 Å². The lowest BCUT2D eigenvalue weighted by atomic mass is 9.92. The van der Waals surface area contributed by atoms with Gasteiger partial charge in [0.15, 0.2) is 12.3 Å². The van der Waals surface area contributed by atoms with E-state index in [1.54, 1.807) is 17.0 Å². The van der Waals surface area contributed by atoms with Crippen molar-refractivity contribution in [1.29, 1.82) is 0 Å². The minimum Gasteiger partial charge on any atom is -0.496 e. The Morgan fingerprint density at radius 2 is 1.76 bits per heavy atom. The number of nitrogen functional groups attached to an aromatic ring is 1. The van der Waals surface area contributed by atoms with Gasteiger partial charge in [-0.3, -0.25) is 9.69 Å². The molecule has 0 saturated carbocycles. The molecule has 4 unspecified atom stereocenters. The van der Waals surface area contributed by atoms with Crippen LogP contribution in [0.15, 0.2) is 36.4 Å². The molecule has 11 heteroatoms. The predicted octanol–water partition coefficient (Wildman–Crippen LogP) is 5.42. The van der Waals surface area contributed by atoms with Crippen molar-refractivity contribution in [3.05, 3.63) is 52.8 Å². The monoisotopic (exact) mass is 604 g/mol. The molecule has 0 bridgehead atoms. The van der Waals surface area contributed by atoms with Gasteiger partial charge in [0.25, 0.3) is 5.91 Å². The smallest absolute Gasteiger partial charge is 0.410 e. The van der Waals surface area contributed by atoms with Crippen molar-refractivity contribution in [2.75, 3.05) is 45.6 Å². The Kier molecular flexibility index (Phi) is 10.8. The maximum Gasteiger partial charge on any atom is 0.410 e. The molecule has 2 aliphatic heterocycles. The third kappa shape index (κ3) is 8.19. The number of amides is 2. The number of benzene rings is 2. The lowest BCUT2D eigenvalue weighted by molar-refractivity contribution is -0.0815. The normalized spacial score (nSPS) is 21.3. The van der Waals surface area contributed by atoms with Crippen LogP contribution in [-0.2, 0) is 4.74 Å². The summed E-state index contributed by atoms with van der Waals surface area (Å²) in [5.74, 6) is 1.29. The molecule has 9 nitrogen and oxygen atoms in total. The Morgan fingerprint density at radius 1 is 1.12 bits per heavy atom. The van der Waals surface area contributed by atoms with Gasteiger partial charge < -0.3 is 30.2 Å². The number of carbonyl (C=O) groups is 2. The topological polar surface area (TPSA) is 106 Å². The van der Waals surface area contributed by atoms with E-state index in [2.05, 4.69) is 24.1 Å². The first kappa shape index (κ1) is 31.7. The number of rotatable bonds is 9. The van der Waals surface area contributed by atoms with E-state index in [1.165, 1.54) is 31.4 Å². The van der Waals surface area contributed by atoms with Crippen molar-refractivity contribution in [3.8, 4) is 11.5 Å². The number of carbonyl (C=O) groups excluding carboxylic acids is 2. The first-order valence-electron chi connectivity index (χ1n) is 14.6. The Hall–Kier alpha value is -3.24. The van der Waals surface area contributed by atoms with Crippen LogP contribution in [0.4, 0.5) is 14.9 Å². The van der Waals surface area contributed by atoms with Crippen molar-refractivity contribution in [1.82, 2.24) is 15.1 Å². The lowest BCUT2D eigenvalue weighted by Crippen LogP contribution is -2.53. The molecule has 0 aromatic heterocycles. The fraction of sp³-hybridized carbons (Fsp3) is 0.548. The average Bonchev–Trinajstić information content (AvgIpc) is 2.96. The average molecular weight is 605 g/mol. The maximum atomic E-state index is 13.5. The van der Waals surface area contributed by atoms with Crippen molar-refractivity contribution in [2.45, 2.75) is 52.4 Å². The zero-order valence-electron chi connectivity index (χ0n) is 24.8. The van der Waals surface area contributed by atoms with Gasteiger partial charge in [-0.1, -0.05) is 25.4 Å². The Labute approximate surface area is 252 Å². The van der Waals surface area contributed by atoms with Crippen LogP contribution in [0.1, 0.15) is 50.4 Å². The Morgan fingerprint density at radius 3 is 2.38 bits per heavy atom. The number of likely N-dealkylation sites (tertiary alicyclic amines) is 2. The van der Waals surface area contributed by atoms with E-state index in [0.29, 0.717) is 72.3 Å². The summed E-state index contributed by atoms with van der Waals surface area (Å²) in [6.45, 7) is 9.29. The number of piperidine rings is 2. The number of hydrogen-bond donors (Lipinski definition) is 2. The van der Waals surface area contributed by atoms with Gasteiger partial charge in [0.1, 0.15) is 17.3 Å². The second kappa shape index (κ2) is 14.3. The molecule has 3 N–H and O–H groups in total. The Bertz CT molecular complexity index is 1210. The summed E-state index contributed by atoms with van der Waals surface area (Å²) in [6.07, 6.45) is 1.21. The minimum atomic E-state index is -0.575. The van der Waals surface area contributed by atoms with Gasteiger partial charge in [0, 0.05) is 38.8 Å². The van der Waals surface area contributed by atoms with E-state index in [9.17, 15) is 14.0 Å². The van der Waals surface area contributed by atoms with E-state index >= 15 is 0 Å². The van der Waals surface area contributed by atoms with Gasteiger partial charge in [0.2, 0.25) is 0 Å².